The lowest BCUT2D eigenvalue weighted by Gasteiger charge is -2.09. The van der Waals surface area contributed by atoms with E-state index in [2.05, 4.69) is 37.5 Å². The molecule has 0 bridgehead atoms. The van der Waals surface area contributed by atoms with Gasteiger partial charge in [0.25, 0.3) is 0 Å². The average molecular weight is 438 g/mol. The van der Waals surface area contributed by atoms with Gasteiger partial charge in [-0.05, 0) is 40.2 Å². The Hall–Kier alpha value is -1.90. The lowest BCUT2D eigenvalue weighted by molar-refractivity contribution is 0.354. The molecule has 0 atom stereocenters. The maximum Gasteiger partial charge on any atom is 0.205 e. The number of benzene rings is 1. The summed E-state index contributed by atoms with van der Waals surface area (Å²) < 4.78 is 13.7. The molecule has 0 unspecified atom stereocenters. The number of hydrogen-bond acceptors (Lipinski definition) is 6. The predicted molar refractivity (Wildman–Crippen MR) is 107 cm³/mol. The molecule has 130 valence electrons. The van der Waals surface area contributed by atoms with Crippen LogP contribution in [0.15, 0.2) is 49.6 Å². The van der Waals surface area contributed by atoms with Crippen LogP contribution in [0.5, 0.6) is 11.5 Å². The molecule has 1 aromatic carbocycles. The Balaban J connectivity index is 2.07. The van der Waals surface area contributed by atoms with Crippen LogP contribution in [0.3, 0.4) is 0 Å². The van der Waals surface area contributed by atoms with Crippen LogP contribution in [0, 0.1) is 0 Å². The largest absolute Gasteiger partial charge is 0.493 e. The first-order valence-corrected chi connectivity index (χ1v) is 9.81. The van der Waals surface area contributed by atoms with E-state index in [1.165, 1.54) is 0 Å². The summed E-state index contributed by atoms with van der Waals surface area (Å²) in [6.07, 6.45) is 1.76. The summed E-state index contributed by atoms with van der Waals surface area (Å²) in [4.78, 5) is 6.25. The summed E-state index contributed by atoms with van der Waals surface area (Å²) in [6, 6.07) is 9.79. The number of para-hydroxylation sites is 1. The molecule has 0 saturated carbocycles. The molecule has 25 heavy (non-hydrogen) atoms. The van der Waals surface area contributed by atoms with Gasteiger partial charge in [-0.3, -0.25) is 4.99 Å². The van der Waals surface area contributed by atoms with Crippen molar-refractivity contribution in [2.75, 3.05) is 21.3 Å². The minimum absolute atomic E-state index is 0.653. The van der Waals surface area contributed by atoms with Crippen molar-refractivity contribution in [3.63, 3.8) is 0 Å². The molecule has 0 aliphatic heterocycles. The molecule has 2 aromatic heterocycles. The number of ether oxygens (including phenoxy) is 2. The zero-order valence-corrected chi connectivity index (χ0v) is 17.1. The van der Waals surface area contributed by atoms with Crippen molar-refractivity contribution in [3.8, 4) is 22.1 Å². The number of thiazole rings is 1. The number of hydrogen-bond donors (Lipinski definition) is 0. The fourth-order valence-corrected chi connectivity index (χ4v) is 4.58. The summed E-state index contributed by atoms with van der Waals surface area (Å²) in [5.41, 5.74) is 1.83. The summed E-state index contributed by atoms with van der Waals surface area (Å²) in [6.45, 7) is 0. The molecule has 0 aliphatic carbocycles. The quantitative estimate of drug-likeness (QED) is 0.552. The van der Waals surface area contributed by atoms with Crippen LogP contribution >= 0.6 is 38.6 Å². The standard InChI is InChI=1S/C17H16BrN3O2S2/c1-19-17-21(12(10-24-17)14-7-8-15(18)25-14)20-9-11-5-4-6-13(22-2)16(11)23-3/h4-10H,1-3H3/b19-17?,20-9+. The van der Waals surface area contributed by atoms with Crippen molar-refractivity contribution < 1.29 is 9.47 Å². The summed E-state index contributed by atoms with van der Waals surface area (Å²) in [5.74, 6) is 1.32. The number of thiophene rings is 1. The molecule has 0 radical (unpaired) electrons. The Kier molecular flexibility index (Phi) is 5.72. The van der Waals surface area contributed by atoms with Crippen LogP contribution in [0.2, 0.25) is 0 Å². The second kappa shape index (κ2) is 7.99. The van der Waals surface area contributed by atoms with E-state index in [1.807, 2.05) is 28.9 Å². The minimum Gasteiger partial charge on any atom is -0.493 e. The third-order valence-corrected chi connectivity index (χ3v) is 6.00. The highest BCUT2D eigenvalue weighted by Crippen LogP contribution is 2.32. The smallest absolute Gasteiger partial charge is 0.205 e. The highest BCUT2D eigenvalue weighted by atomic mass is 79.9. The van der Waals surface area contributed by atoms with Crippen LogP contribution < -0.4 is 14.3 Å². The first-order valence-electron chi connectivity index (χ1n) is 7.32. The van der Waals surface area contributed by atoms with Crippen LogP contribution in [0.25, 0.3) is 10.6 Å². The Morgan fingerprint density at radius 1 is 1.16 bits per heavy atom. The number of halogens is 1. The first-order chi connectivity index (χ1) is 12.2. The molecule has 2 heterocycles. The van der Waals surface area contributed by atoms with Gasteiger partial charge in [-0.1, -0.05) is 6.07 Å². The molecular formula is C17H16BrN3O2S2. The van der Waals surface area contributed by atoms with Gasteiger partial charge in [0.2, 0.25) is 4.80 Å². The highest BCUT2D eigenvalue weighted by Gasteiger charge is 2.11. The molecule has 3 rings (SSSR count). The van der Waals surface area contributed by atoms with Gasteiger partial charge in [0, 0.05) is 18.0 Å². The molecular weight excluding hydrogens is 422 g/mol. The molecule has 5 nitrogen and oxygen atoms in total. The zero-order valence-electron chi connectivity index (χ0n) is 13.9. The van der Waals surface area contributed by atoms with Crippen molar-refractivity contribution in [2.24, 2.45) is 10.1 Å². The maximum atomic E-state index is 5.46. The Morgan fingerprint density at radius 3 is 2.64 bits per heavy atom. The fraction of sp³-hybridized carbons (Fsp3) is 0.176. The molecule has 0 amide bonds. The lowest BCUT2D eigenvalue weighted by Crippen LogP contribution is -2.11. The van der Waals surface area contributed by atoms with Gasteiger partial charge in [0.1, 0.15) is 0 Å². The van der Waals surface area contributed by atoms with E-state index in [4.69, 9.17) is 9.47 Å². The third kappa shape index (κ3) is 3.70. The van der Waals surface area contributed by atoms with Crippen molar-refractivity contribution in [1.82, 2.24) is 4.68 Å². The topological polar surface area (TPSA) is 48.1 Å². The zero-order chi connectivity index (χ0) is 17.8. The van der Waals surface area contributed by atoms with E-state index in [-0.39, 0.29) is 0 Å². The van der Waals surface area contributed by atoms with Crippen LogP contribution in [0.4, 0.5) is 0 Å². The predicted octanol–water partition coefficient (Wildman–Crippen LogP) is 4.47. The van der Waals surface area contributed by atoms with E-state index in [1.54, 1.807) is 50.2 Å². The van der Waals surface area contributed by atoms with Gasteiger partial charge in [0.15, 0.2) is 11.5 Å². The van der Waals surface area contributed by atoms with Gasteiger partial charge in [-0.15, -0.1) is 22.7 Å². The van der Waals surface area contributed by atoms with Gasteiger partial charge in [0.05, 0.1) is 34.8 Å². The molecule has 8 heteroatoms. The first kappa shape index (κ1) is 17.9. The van der Waals surface area contributed by atoms with E-state index >= 15 is 0 Å². The second-order valence-electron chi connectivity index (χ2n) is 4.87. The van der Waals surface area contributed by atoms with Crippen LogP contribution in [0.1, 0.15) is 5.56 Å². The number of rotatable bonds is 5. The van der Waals surface area contributed by atoms with E-state index in [0.717, 1.165) is 24.7 Å². The van der Waals surface area contributed by atoms with E-state index in [9.17, 15) is 0 Å². The SMILES string of the molecule is CN=c1scc(-c2ccc(Br)s2)n1/N=C/c1cccc(OC)c1OC. The van der Waals surface area contributed by atoms with Crippen molar-refractivity contribution >= 4 is 44.8 Å². The summed E-state index contributed by atoms with van der Waals surface area (Å²) in [7, 11) is 5.00. The number of aromatic nitrogens is 1. The van der Waals surface area contributed by atoms with Crippen LogP contribution in [-0.2, 0) is 0 Å². The second-order valence-corrected chi connectivity index (χ2v) is 8.17. The van der Waals surface area contributed by atoms with E-state index in [0.29, 0.717) is 11.5 Å². The lowest BCUT2D eigenvalue weighted by atomic mass is 10.2. The maximum absolute atomic E-state index is 5.46. The third-order valence-electron chi connectivity index (χ3n) is 3.45. The molecule has 0 aliphatic rings. The number of nitrogens with zero attached hydrogens (tertiary/aromatic N) is 3. The van der Waals surface area contributed by atoms with Crippen molar-refractivity contribution in [2.45, 2.75) is 0 Å². The Labute approximate surface area is 162 Å². The van der Waals surface area contributed by atoms with Gasteiger partial charge in [-0.2, -0.15) is 5.10 Å². The molecule has 0 spiro atoms. The summed E-state index contributed by atoms with van der Waals surface area (Å²) >= 11 is 6.72. The van der Waals surface area contributed by atoms with E-state index < -0.39 is 0 Å². The highest BCUT2D eigenvalue weighted by molar-refractivity contribution is 9.11. The van der Waals surface area contributed by atoms with Crippen molar-refractivity contribution in [3.05, 3.63) is 49.9 Å². The van der Waals surface area contributed by atoms with Crippen molar-refractivity contribution in [1.29, 1.82) is 0 Å². The van der Waals surface area contributed by atoms with Gasteiger partial charge in [-0.25, -0.2) is 4.68 Å². The fourth-order valence-electron chi connectivity index (χ4n) is 2.32. The molecule has 0 N–H and O–H groups in total. The average Bonchev–Trinajstić information content (AvgIpc) is 3.24. The number of methoxy groups -OCH3 is 2. The van der Waals surface area contributed by atoms with Gasteiger partial charge >= 0.3 is 0 Å². The minimum atomic E-state index is 0.653. The molecule has 3 aromatic rings. The van der Waals surface area contributed by atoms with Crippen LogP contribution in [-0.4, -0.2) is 32.2 Å². The normalized spacial score (nSPS) is 12.1. The summed E-state index contributed by atoms with van der Waals surface area (Å²) in [5, 5.41) is 6.70. The monoisotopic (exact) mass is 437 g/mol. The Morgan fingerprint density at radius 2 is 2.00 bits per heavy atom. The Bertz CT molecular complexity index is 972. The molecule has 0 saturated heterocycles. The molecule has 0 fully saturated rings. The van der Waals surface area contributed by atoms with Gasteiger partial charge < -0.3 is 9.47 Å².